The van der Waals surface area contributed by atoms with E-state index in [9.17, 15) is 19.2 Å². The van der Waals surface area contributed by atoms with Crippen LogP contribution in [-0.4, -0.2) is 46.7 Å². The number of ether oxygens (including phenoxy) is 3. The lowest BCUT2D eigenvalue weighted by atomic mass is 9.76. The van der Waals surface area contributed by atoms with E-state index in [4.69, 9.17) is 14.2 Å². The maximum absolute atomic E-state index is 13.2. The molecule has 4 unspecified atom stereocenters. The van der Waals surface area contributed by atoms with Crippen LogP contribution < -0.4 is 4.90 Å². The number of carbonyl (C=O) groups excluding carboxylic acids is 4. The van der Waals surface area contributed by atoms with Crippen LogP contribution in [0.25, 0.3) is 0 Å². The molecule has 4 rings (SSSR count). The van der Waals surface area contributed by atoms with Crippen molar-refractivity contribution in [3.8, 4) is 0 Å². The lowest BCUT2D eigenvalue weighted by Gasteiger charge is -2.34. The number of amides is 2. The fraction of sp³-hybridized carbons (Fsp3) is 0.389. The number of imide groups is 1. The molecule has 3 aliphatic rings. The average Bonchev–Trinajstić information content (AvgIpc) is 3.26. The van der Waals surface area contributed by atoms with Crippen molar-refractivity contribution in [3.05, 3.63) is 36.7 Å². The first-order chi connectivity index (χ1) is 12.8. The van der Waals surface area contributed by atoms with Gasteiger partial charge in [-0.25, -0.2) is 4.90 Å². The average molecular weight is 372 g/mol. The third kappa shape index (κ3) is 2.46. The van der Waals surface area contributed by atoms with Crippen LogP contribution in [0.15, 0.2) is 36.7 Å². The first kappa shape index (κ1) is 17.3. The van der Waals surface area contributed by atoms with Gasteiger partial charge in [0.2, 0.25) is 11.8 Å². The zero-order valence-corrected chi connectivity index (χ0v) is 14.5. The first-order valence-electron chi connectivity index (χ1n) is 8.34. The summed E-state index contributed by atoms with van der Waals surface area (Å²) >= 11 is 0. The topological polar surface area (TPSA) is 112 Å². The van der Waals surface area contributed by atoms with Gasteiger partial charge in [0.15, 0.2) is 5.60 Å². The van der Waals surface area contributed by atoms with Gasteiger partial charge in [-0.05, 0) is 18.2 Å². The van der Waals surface area contributed by atoms with Crippen LogP contribution in [0.2, 0.25) is 0 Å². The number of pyridine rings is 1. The molecule has 0 radical (unpaired) electrons. The SMILES string of the molecule is CC(=O)OC(OC(C)=O)C12C=CC(O1)C1C(=O)N(c3ccncc3)C(=O)C12. The Labute approximate surface area is 153 Å². The largest absolute Gasteiger partial charge is 0.422 e. The van der Waals surface area contributed by atoms with E-state index in [1.54, 1.807) is 18.2 Å². The molecule has 0 aromatic carbocycles. The normalized spacial score (nSPS) is 30.8. The van der Waals surface area contributed by atoms with E-state index in [1.807, 2.05) is 0 Å². The van der Waals surface area contributed by atoms with Gasteiger partial charge in [0.1, 0.15) is 0 Å². The second-order valence-corrected chi connectivity index (χ2v) is 6.57. The molecule has 2 amide bonds. The van der Waals surface area contributed by atoms with Gasteiger partial charge in [-0.1, -0.05) is 6.08 Å². The Kier molecular flexibility index (Phi) is 3.84. The van der Waals surface area contributed by atoms with Crippen LogP contribution in [0.3, 0.4) is 0 Å². The number of carbonyl (C=O) groups is 4. The number of hydrogen-bond acceptors (Lipinski definition) is 8. The second kappa shape index (κ2) is 5.98. The highest BCUT2D eigenvalue weighted by molar-refractivity contribution is 6.23. The molecular formula is C18H16N2O7. The molecule has 2 saturated heterocycles. The van der Waals surface area contributed by atoms with Gasteiger partial charge >= 0.3 is 11.9 Å². The van der Waals surface area contributed by atoms with Crippen molar-refractivity contribution in [2.24, 2.45) is 11.8 Å². The van der Waals surface area contributed by atoms with Gasteiger partial charge < -0.3 is 14.2 Å². The fourth-order valence-electron chi connectivity index (χ4n) is 3.96. The molecule has 4 atom stereocenters. The van der Waals surface area contributed by atoms with Gasteiger partial charge in [0.25, 0.3) is 6.29 Å². The van der Waals surface area contributed by atoms with E-state index in [-0.39, 0.29) is 0 Å². The molecule has 9 heteroatoms. The third-order valence-corrected chi connectivity index (χ3v) is 4.91. The number of hydrogen-bond donors (Lipinski definition) is 0. The molecule has 2 bridgehead atoms. The molecule has 1 aromatic heterocycles. The molecule has 4 heterocycles. The summed E-state index contributed by atoms with van der Waals surface area (Å²) in [6, 6.07) is 3.10. The van der Waals surface area contributed by atoms with E-state index in [1.165, 1.54) is 18.5 Å². The van der Waals surface area contributed by atoms with Crippen molar-refractivity contribution < 1.29 is 33.4 Å². The van der Waals surface area contributed by atoms with E-state index in [0.29, 0.717) is 5.69 Å². The minimum Gasteiger partial charge on any atom is -0.422 e. The molecule has 0 N–H and O–H groups in total. The number of nitrogens with zero attached hydrogens (tertiary/aromatic N) is 2. The van der Waals surface area contributed by atoms with Crippen LogP contribution in [0.4, 0.5) is 5.69 Å². The number of esters is 2. The summed E-state index contributed by atoms with van der Waals surface area (Å²) in [5, 5.41) is 0. The monoisotopic (exact) mass is 372 g/mol. The quantitative estimate of drug-likeness (QED) is 0.322. The summed E-state index contributed by atoms with van der Waals surface area (Å²) < 4.78 is 16.2. The number of fused-ring (bicyclic) bond motifs is 5. The van der Waals surface area contributed by atoms with E-state index in [0.717, 1.165) is 18.7 Å². The Morgan fingerprint density at radius 3 is 2.37 bits per heavy atom. The predicted molar refractivity (Wildman–Crippen MR) is 87.8 cm³/mol. The Morgan fingerprint density at radius 1 is 1.15 bits per heavy atom. The lowest BCUT2D eigenvalue weighted by Crippen LogP contribution is -2.52. The fourth-order valence-corrected chi connectivity index (χ4v) is 3.96. The number of anilines is 1. The molecule has 140 valence electrons. The molecule has 0 saturated carbocycles. The maximum Gasteiger partial charge on any atom is 0.305 e. The first-order valence-corrected chi connectivity index (χ1v) is 8.34. The molecule has 3 aliphatic heterocycles. The summed E-state index contributed by atoms with van der Waals surface area (Å²) in [5.41, 5.74) is -1.15. The van der Waals surface area contributed by atoms with Gasteiger partial charge in [0, 0.05) is 26.2 Å². The van der Waals surface area contributed by atoms with Gasteiger partial charge in [-0.2, -0.15) is 0 Å². The van der Waals surface area contributed by atoms with E-state index < -0.39 is 53.6 Å². The van der Waals surface area contributed by atoms with Crippen LogP contribution in [0.1, 0.15) is 13.8 Å². The molecule has 0 spiro atoms. The van der Waals surface area contributed by atoms with Gasteiger partial charge in [-0.15, -0.1) is 0 Å². The Hall–Kier alpha value is -3.07. The van der Waals surface area contributed by atoms with Crippen molar-refractivity contribution >= 4 is 29.4 Å². The Morgan fingerprint density at radius 2 is 1.78 bits per heavy atom. The standard InChI is InChI=1S/C18H16N2O7/c1-9(21)25-17(26-10(2)22)18-6-3-12(27-18)13-14(18)16(24)20(15(13)23)11-4-7-19-8-5-11/h3-8,12-14,17H,1-2H3. The minimum atomic E-state index is -1.54. The zero-order chi connectivity index (χ0) is 19.3. The van der Waals surface area contributed by atoms with Crippen molar-refractivity contribution in [1.82, 2.24) is 4.98 Å². The van der Waals surface area contributed by atoms with E-state index in [2.05, 4.69) is 4.98 Å². The van der Waals surface area contributed by atoms with Crippen molar-refractivity contribution in [2.75, 3.05) is 4.90 Å². The zero-order valence-electron chi connectivity index (χ0n) is 14.5. The Balaban J connectivity index is 1.75. The number of aromatic nitrogens is 1. The number of rotatable bonds is 4. The van der Waals surface area contributed by atoms with Crippen LogP contribution >= 0.6 is 0 Å². The molecule has 1 aromatic rings. The summed E-state index contributed by atoms with van der Waals surface area (Å²) in [5.74, 6) is -4.10. The van der Waals surface area contributed by atoms with Gasteiger partial charge in [0.05, 0.1) is 23.6 Å². The molecule has 2 fully saturated rings. The van der Waals surface area contributed by atoms with Crippen LogP contribution in [-0.2, 0) is 33.4 Å². The van der Waals surface area contributed by atoms with Crippen LogP contribution in [0, 0.1) is 11.8 Å². The van der Waals surface area contributed by atoms with Crippen molar-refractivity contribution in [2.45, 2.75) is 31.8 Å². The molecule has 0 aliphatic carbocycles. The lowest BCUT2D eigenvalue weighted by molar-refractivity contribution is -0.226. The van der Waals surface area contributed by atoms with Gasteiger partial charge in [-0.3, -0.25) is 24.2 Å². The highest BCUT2D eigenvalue weighted by Gasteiger charge is 2.72. The molecule has 9 nitrogen and oxygen atoms in total. The Bertz CT molecular complexity index is 852. The predicted octanol–water partition coefficient (Wildman–Crippen LogP) is 0.347. The van der Waals surface area contributed by atoms with Crippen molar-refractivity contribution in [3.63, 3.8) is 0 Å². The highest BCUT2D eigenvalue weighted by Crippen LogP contribution is 2.54. The minimum absolute atomic E-state index is 0.389. The summed E-state index contributed by atoms with van der Waals surface area (Å²) in [4.78, 5) is 54.1. The summed E-state index contributed by atoms with van der Waals surface area (Å²) in [6.45, 7) is 2.31. The smallest absolute Gasteiger partial charge is 0.305 e. The second-order valence-electron chi connectivity index (χ2n) is 6.57. The molecule has 27 heavy (non-hydrogen) atoms. The van der Waals surface area contributed by atoms with Crippen LogP contribution in [0.5, 0.6) is 0 Å². The third-order valence-electron chi connectivity index (χ3n) is 4.91. The molecular weight excluding hydrogens is 356 g/mol. The summed E-state index contributed by atoms with van der Waals surface area (Å²) in [7, 11) is 0. The maximum atomic E-state index is 13.2. The highest BCUT2D eigenvalue weighted by atomic mass is 16.7. The van der Waals surface area contributed by atoms with Crippen molar-refractivity contribution in [1.29, 1.82) is 0 Å². The summed E-state index contributed by atoms with van der Waals surface area (Å²) in [6.07, 6.45) is 3.97. The van der Waals surface area contributed by atoms with E-state index >= 15 is 0 Å².